The molecule has 1 aromatic rings. The van der Waals surface area contributed by atoms with Crippen LogP contribution in [0.2, 0.25) is 0 Å². The minimum Gasteiger partial charge on any atom is -0.322 e. The van der Waals surface area contributed by atoms with Crippen LogP contribution in [-0.4, -0.2) is 53.5 Å². The number of amides is 3. The molecule has 10 heteroatoms. The smallest absolute Gasteiger partial charge is 0.322 e. The van der Waals surface area contributed by atoms with E-state index in [2.05, 4.69) is 16.0 Å². The fourth-order valence-corrected chi connectivity index (χ4v) is 4.40. The number of hydrogen-bond acceptors (Lipinski definition) is 5. The van der Waals surface area contributed by atoms with Gasteiger partial charge in [-0.3, -0.25) is 25.0 Å². The molecule has 1 unspecified atom stereocenters. The van der Waals surface area contributed by atoms with Crippen LogP contribution in [0.1, 0.15) is 47.2 Å². The Bertz CT molecular complexity index is 881. The number of carbonyl (C=O) groups excluding carboxylic acids is 3. The maximum Gasteiger partial charge on any atom is 0.406 e. The summed E-state index contributed by atoms with van der Waals surface area (Å²) in [5.41, 5.74) is -0.249. The largest absolute Gasteiger partial charge is 0.406 e. The highest BCUT2D eigenvalue weighted by molar-refractivity contribution is 6.05. The molecule has 0 aliphatic carbocycles. The molecule has 4 rings (SSSR count). The summed E-state index contributed by atoms with van der Waals surface area (Å²) in [7, 11) is 0. The first-order valence-corrected chi connectivity index (χ1v) is 9.99. The minimum atomic E-state index is -4.37. The van der Waals surface area contributed by atoms with Crippen molar-refractivity contribution in [2.24, 2.45) is 0 Å². The summed E-state index contributed by atoms with van der Waals surface area (Å²) in [6.45, 7) is 0.803. The normalized spacial score (nSPS) is 24.0. The quantitative estimate of drug-likeness (QED) is 0.633. The van der Waals surface area contributed by atoms with Gasteiger partial charge in [0.05, 0.1) is 0 Å². The number of halogens is 3. The van der Waals surface area contributed by atoms with E-state index in [1.165, 1.54) is 4.90 Å². The van der Waals surface area contributed by atoms with Crippen molar-refractivity contribution in [3.63, 3.8) is 0 Å². The van der Waals surface area contributed by atoms with Crippen LogP contribution in [0.4, 0.5) is 13.2 Å². The Morgan fingerprint density at radius 1 is 1.17 bits per heavy atom. The minimum absolute atomic E-state index is 0.0154. The lowest BCUT2D eigenvalue weighted by Crippen LogP contribution is -2.61. The lowest BCUT2D eigenvalue weighted by molar-refractivity contribution is -0.204. The van der Waals surface area contributed by atoms with Crippen LogP contribution in [0.25, 0.3) is 0 Å². The predicted octanol–water partition coefficient (Wildman–Crippen LogP) is 1.22. The monoisotopic (exact) mass is 424 g/mol. The van der Waals surface area contributed by atoms with Crippen molar-refractivity contribution in [1.29, 1.82) is 0 Å². The van der Waals surface area contributed by atoms with Gasteiger partial charge in [0, 0.05) is 25.1 Å². The zero-order chi connectivity index (χ0) is 21.5. The molecule has 3 amide bonds. The molecular formula is C20H23F3N4O3. The molecule has 3 heterocycles. The third-order valence-corrected chi connectivity index (χ3v) is 6.22. The number of nitrogens with zero attached hydrogens (tertiary/aromatic N) is 1. The van der Waals surface area contributed by atoms with Gasteiger partial charge in [0.2, 0.25) is 11.8 Å². The number of fused-ring (bicyclic) bond motifs is 1. The highest BCUT2D eigenvalue weighted by atomic mass is 19.4. The lowest BCUT2D eigenvalue weighted by atomic mass is 9.87. The number of hydrogen-bond donors (Lipinski definition) is 3. The summed E-state index contributed by atoms with van der Waals surface area (Å²) in [4.78, 5) is 37.7. The number of piperidine rings is 2. The van der Waals surface area contributed by atoms with Crippen molar-refractivity contribution in [2.75, 3.05) is 13.1 Å². The Balaban J connectivity index is 1.48. The average molecular weight is 424 g/mol. The van der Waals surface area contributed by atoms with E-state index in [0.717, 1.165) is 5.56 Å². The van der Waals surface area contributed by atoms with Crippen LogP contribution in [-0.2, 0) is 22.7 Å². The number of nitrogens with one attached hydrogen (secondary N) is 3. The van der Waals surface area contributed by atoms with Crippen LogP contribution >= 0.6 is 0 Å². The Morgan fingerprint density at radius 2 is 1.90 bits per heavy atom. The molecule has 0 aromatic heterocycles. The van der Waals surface area contributed by atoms with E-state index in [0.29, 0.717) is 11.1 Å². The molecular weight excluding hydrogens is 401 g/mol. The van der Waals surface area contributed by atoms with Crippen LogP contribution in [0, 0.1) is 0 Å². The van der Waals surface area contributed by atoms with Crippen LogP contribution < -0.4 is 16.0 Å². The van der Waals surface area contributed by atoms with Crippen molar-refractivity contribution in [2.45, 2.75) is 56.5 Å². The van der Waals surface area contributed by atoms with E-state index >= 15 is 0 Å². The van der Waals surface area contributed by atoms with Crippen molar-refractivity contribution < 1.29 is 27.6 Å². The second kappa shape index (κ2) is 7.66. The van der Waals surface area contributed by atoms with Crippen LogP contribution in [0.3, 0.4) is 0 Å². The number of carbonyl (C=O) groups is 3. The molecule has 0 radical (unpaired) electrons. The number of benzene rings is 1. The summed E-state index contributed by atoms with van der Waals surface area (Å²) in [5.74, 6) is -1.19. The second-order valence-corrected chi connectivity index (χ2v) is 8.07. The summed E-state index contributed by atoms with van der Waals surface area (Å²) in [5, 5.41) is 7.89. The van der Waals surface area contributed by atoms with Crippen molar-refractivity contribution in [3.05, 3.63) is 34.9 Å². The predicted molar refractivity (Wildman–Crippen MR) is 100 cm³/mol. The van der Waals surface area contributed by atoms with Gasteiger partial charge in [-0.25, -0.2) is 0 Å². The van der Waals surface area contributed by atoms with E-state index in [-0.39, 0.29) is 63.7 Å². The lowest BCUT2D eigenvalue weighted by Gasteiger charge is -2.40. The molecule has 3 N–H and O–H groups in total. The highest BCUT2D eigenvalue weighted by Crippen LogP contribution is 2.37. The molecule has 3 aliphatic heterocycles. The SMILES string of the molecule is O=C1CCC(N2Cc3ccc(CNC4(C(F)(F)F)CCNCC4)cc3C2=O)C(=O)N1. The molecule has 2 saturated heterocycles. The van der Waals surface area contributed by atoms with E-state index in [1.54, 1.807) is 18.2 Å². The third kappa shape index (κ3) is 3.69. The topological polar surface area (TPSA) is 90.5 Å². The Morgan fingerprint density at radius 3 is 2.57 bits per heavy atom. The fourth-order valence-electron chi connectivity index (χ4n) is 4.40. The molecule has 30 heavy (non-hydrogen) atoms. The fraction of sp³-hybridized carbons (Fsp3) is 0.550. The first-order valence-electron chi connectivity index (χ1n) is 9.99. The Hall–Kier alpha value is -2.46. The summed E-state index contributed by atoms with van der Waals surface area (Å²) < 4.78 is 41.1. The average Bonchev–Trinajstić information content (AvgIpc) is 3.02. The van der Waals surface area contributed by atoms with Gasteiger partial charge in [-0.1, -0.05) is 12.1 Å². The highest BCUT2D eigenvalue weighted by Gasteiger charge is 2.54. The van der Waals surface area contributed by atoms with Crippen LogP contribution in [0.15, 0.2) is 18.2 Å². The zero-order valence-electron chi connectivity index (χ0n) is 16.3. The van der Waals surface area contributed by atoms with E-state index in [4.69, 9.17) is 0 Å². The maximum absolute atomic E-state index is 13.7. The van der Waals surface area contributed by atoms with E-state index in [9.17, 15) is 27.6 Å². The van der Waals surface area contributed by atoms with Crippen molar-refractivity contribution >= 4 is 17.7 Å². The molecule has 2 fully saturated rings. The Labute approximate surface area is 171 Å². The standard InChI is InChI=1S/C20H23F3N4O3/c21-20(22,23)19(5-7-24-8-6-19)25-10-12-1-2-13-11-27(18(30)14(13)9-12)15-3-4-16(28)26-17(15)29/h1-2,9,15,24-25H,3-8,10-11H2,(H,26,28,29). The maximum atomic E-state index is 13.7. The number of alkyl halides is 3. The molecule has 7 nitrogen and oxygen atoms in total. The van der Waals surface area contributed by atoms with E-state index < -0.39 is 23.7 Å². The second-order valence-electron chi connectivity index (χ2n) is 8.07. The first kappa shape index (κ1) is 20.8. The summed E-state index contributed by atoms with van der Waals surface area (Å²) in [6, 6.07) is 4.31. The van der Waals surface area contributed by atoms with Gasteiger partial charge >= 0.3 is 6.18 Å². The van der Waals surface area contributed by atoms with Gasteiger partial charge in [0.1, 0.15) is 11.6 Å². The van der Waals surface area contributed by atoms with Gasteiger partial charge in [-0.2, -0.15) is 13.2 Å². The molecule has 0 bridgehead atoms. The zero-order valence-corrected chi connectivity index (χ0v) is 16.3. The number of rotatable bonds is 4. The van der Waals surface area contributed by atoms with E-state index in [1.807, 2.05) is 0 Å². The molecule has 1 atom stereocenters. The summed E-state index contributed by atoms with van der Waals surface area (Å²) in [6.07, 6.45) is -4.04. The van der Waals surface area contributed by atoms with Gasteiger partial charge in [-0.05, 0) is 49.5 Å². The van der Waals surface area contributed by atoms with Crippen molar-refractivity contribution in [1.82, 2.24) is 20.9 Å². The van der Waals surface area contributed by atoms with Crippen LogP contribution in [0.5, 0.6) is 0 Å². The third-order valence-electron chi connectivity index (χ3n) is 6.22. The first-order chi connectivity index (χ1) is 14.2. The van der Waals surface area contributed by atoms with Gasteiger partial charge in [0.15, 0.2) is 0 Å². The molecule has 0 saturated carbocycles. The van der Waals surface area contributed by atoms with Gasteiger partial charge in [0.25, 0.3) is 5.91 Å². The van der Waals surface area contributed by atoms with Gasteiger partial charge < -0.3 is 10.2 Å². The molecule has 1 aromatic carbocycles. The summed E-state index contributed by atoms with van der Waals surface area (Å²) >= 11 is 0. The van der Waals surface area contributed by atoms with Gasteiger partial charge in [-0.15, -0.1) is 0 Å². The Kier molecular flexibility index (Phi) is 5.31. The molecule has 0 spiro atoms. The molecule has 3 aliphatic rings. The molecule has 162 valence electrons. The number of imide groups is 1. The van der Waals surface area contributed by atoms with Crippen molar-refractivity contribution in [3.8, 4) is 0 Å².